The molecule has 0 saturated heterocycles. The second-order valence-electron chi connectivity index (χ2n) is 3.28. The minimum atomic E-state index is -0.216. The number of amides is 1. The summed E-state index contributed by atoms with van der Waals surface area (Å²) in [7, 11) is 0. The number of aromatic nitrogens is 1. The Hall–Kier alpha value is -1.81. The van der Waals surface area contributed by atoms with E-state index in [4.69, 9.17) is 11.6 Å². The van der Waals surface area contributed by atoms with Crippen LogP contribution in [0.4, 0.5) is 0 Å². The number of H-pyrrole nitrogens is 1. The van der Waals surface area contributed by atoms with E-state index in [1.54, 1.807) is 18.3 Å². The van der Waals surface area contributed by atoms with Crippen LogP contribution in [0.1, 0.15) is 15.9 Å². The smallest absolute Gasteiger partial charge is 0.272 e. The molecule has 0 unspecified atom stereocenters. The topological polar surface area (TPSA) is 57.2 Å². The Balaban J connectivity index is 2.54. The highest BCUT2D eigenvalue weighted by Crippen LogP contribution is 2.28. The SMILES string of the molecule is O=C1NN=Cc2c(Cl)[nH]c3cccc1c23. The van der Waals surface area contributed by atoms with Gasteiger partial charge in [-0.15, -0.1) is 0 Å². The first kappa shape index (κ1) is 8.49. The van der Waals surface area contributed by atoms with Gasteiger partial charge in [-0.2, -0.15) is 5.10 Å². The van der Waals surface area contributed by atoms with Gasteiger partial charge in [-0.3, -0.25) is 4.79 Å². The molecule has 0 saturated carbocycles. The largest absolute Gasteiger partial charge is 0.345 e. The molecule has 74 valence electrons. The zero-order valence-electron chi connectivity index (χ0n) is 7.54. The average molecular weight is 220 g/mol. The monoisotopic (exact) mass is 219 g/mol. The maximum Gasteiger partial charge on any atom is 0.272 e. The van der Waals surface area contributed by atoms with Crippen molar-refractivity contribution in [2.75, 3.05) is 0 Å². The van der Waals surface area contributed by atoms with Crippen LogP contribution in [0, 0.1) is 0 Å². The van der Waals surface area contributed by atoms with Crippen LogP contribution in [-0.2, 0) is 0 Å². The average Bonchev–Trinajstić information content (AvgIpc) is 2.43. The van der Waals surface area contributed by atoms with Crippen molar-refractivity contribution in [2.24, 2.45) is 5.10 Å². The highest BCUT2D eigenvalue weighted by molar-refractivity contribution is 6.35. The van der Waals surface area contributed by atoms with Gasteiger partial charge in [0, 0.05) is 16.5 Å². The molecule has 5 heteroatoms. The lowest BCUT2D eigenvalue weighted by Gasteiger charge is -1.98. The summed E-state index contributed by atoms with van der Waals surface area (Å²) in [5, 5.41) is 5.11. The number of nitrogens with one attached hydrogen (secondary N) is 2. The van der Waals surface area contributed by atoms with Crippen LogP contribution in [0.25, 0.3) is 10.9 Å². The molecule has 0 spiro atoms. The van der Waals surface area contributed by atoms with Gasteiger partial charge in [0.1, 0.15) is 5.15 Å². The second kappa shape index (κ2) is 2.84. The predicted molar refractivity (Wildman–Crippen MR) is 58.4 cm³/mol. The molecule has 2 N–H and O–H groups in total. The normalized spacial score (nSPS) is 14.1. The Kier molecular flexibility index (Phi) is 1.61. The molecule has 1 aliphatic heterocycles. The van der Waals surface area contributed by atoms with Crippen molar-refractivity contribution in [3.05, 3.63) is 34.5 Å². The molecule has 1 aromatic heterocycles. The van der Waals surface area contributed by atoms with Crippen molar-refractivity contribution >= 4 is 34.6 Å². The van der Waals surface area contributed by atoms with E-state index in [-0.39, 0.29) is 5.91 Å². The van der Waals surface area contributed by atoms with Gasteiger partial charge in [0.2, 0.25) is 0 Å². The summed E-state index contributed by atoms with van der Waals surface area (Å²) in [6, 6.07) is 5.43. The molecule has 2 heterocycles. The number of hydrogen-bond acceptors (Lipinski definition) is 2. The fourth-order valence-corrected chi connectivity index (χ4v) is 2.01. The Bertz CT molecular complexity index is 600. The molecule has 0 radical (unpaired) electrons. The van der Waals surface area contributed by atoms with Gasteiger partial charge < -0.3 is 4.98 Å². The Morgan fingerprint density at radius 2 is 2.20 bits per heavy atom. The molecule has 15 heavy (non-hydrogen) atoms. The fourth-order valence-electron chi connectivity index (χ4n) is 1.77. The van der Waals surface area contributed by atoms with E-state index >= 15 is 0 Å². The van der Waals surface area contributed by atoms with Gasteiger partial charge in [-0.1, -0.05) is 17.7 Å². The zero-order chi connectivity index (χ0) is 10.4. The summed E-state index contributed by atoms with van der Waals surface area (Å²) in [5.41, 5.74) is 4.60. The summed E-state index contributed by atoms with van der Waals surface area (Å²) in [6.07, 6.45) is 1.55. The number of aromatic amines is 1. The van der Waals surface area contributed by atoms with Gasteiger partial charge in [0.25, 0.3) is 5.91 Å². The molecule has 0 atom stereocenters. The molecule has 4 nitrogen and oxygen atoms in total. The van der Waals surface area contributed by atoms with Crippen molar-refractivity contribution in [3.8, 4) is 0 Å². The number of carbonyl (C=O) groups excluding carboxylic acids is 1. The molecular weight excluding hydrogens is 214 g/mol. The van der Waals surface area contributed by atoms with Gasteiger partial charge in [0.05, 0.1) is 11.8 Å². The zero-order valence-corrected chi connectivity index (χ0v) is 8.30. The van der Waals surface area contributed by atoms with E-state index in [0.717, 1.165) is 16.5 Å². The fraction of sp³-hybridized carbons (Fsp3) is 0. The number of hydrazone groups is 1. The Labute approximate surface area is 89.9 Å². The lowest BCUT2D eigenvalue weighted by molar-refractivity contribution is 0.0957. The van der Waals surface area contributed by atoms with Crippen LogP contribution in [-0.4, -0.2) is 17.1 Å². The van der Waals surface area contributed by atoms with Crippen molar-refractivity contribution in [1.29, 1.82) is 0 Å². The second-order valence-corrected chi connectivity index (χ2v) is 3.66. The predicted octanol–water partition coefficient (Wildman–Crippen LogP) is 1.90. The summed E-state index contributed by atoms with van der Waals surface area (Å²) < 4.78 is 0. The lowest BCUT2D eigenvalue weighted by Crippen LogP contribution is -2.16. The van der Waals surface area contributed by atoms with Crippen LogP contribution >= 0.6 is 11.6 Å². The first-order valence-electron chi connectivity index (χ1n) is 4.41. The first-order valence-corrected chi connectivity index (χ1v) is 4.79. The van der Waals surface area contributed by atoms with Crippen molar-refractivity contribution in [2.45, 2.75) is 0 Å². The quantitative estimate of drug-likeness (QED) is 0.699. The van der Waals surface area contributed by atoms with Crippen LogP contribution in [0.3, 0.4) is 0 Å². The van der Waals surface area contributed by atoms with E-state index in [1.165, 1.54) is 0 Å². The molecule has 1 aliphatic rings. The van der Waals surface area contributed by atoms with Crippen molar-refractivity contribution < 1.29 is 4.79 Å². The van der Waals surface area contributed by atoms with E-state index in [2.05, 4.69) is 15.5 Å². The van der Waals surface area contributed by atoms with E-state index < -0.39 is 0 Å². The lowest BCUT2D eigenvalue weighted by atomic mass is 10.1. The standard InChI is InChI=1S/C10H6ClN3O/c11-9-6-4-12-14-10(15)5-2-1-3-7(13-9)8(5)6/h1-4,13H,(H,14,15). The minimum absolute atomic E-state index is 0.216. The van der Waals surface area contributed by atoms with Gasteiger partial charge in [0.15, 0.2) is 0 Å². The van der Waals surface area contributed by atoms with Gasteiger partial charge in [-0.25, -0.2) is 5.43 Å². The van der Waals surface area contributed by atoms with Gasteiger partial charge >= 0.3 is 0 Å². The summed E-state index contributed by atoms with van der Waals surface area (Å²) >= 11 is 6.01. The molecule has 0 fully saturated rings. The summed E-state index contributed by atoms with van der Waals surface area (Å²) in [4.78, 5) is 14.6. The highest BCUT2D eigenvalue weighted by Gasteiger charge is 2.18. The third-order valence-corrected chi connectivity index (χ3v) is 2.72. The molecule has 1 aromatic carbocycles. The van der Waals surface area contributed by atoms with Crippen molar-refractivity contribution in [1.82, 2.24) is 10.4 Å². The van der Waals surface area contributed by atoms with E-state index in [1.807, 2.05) is 6.07 Å². The maximum atomic E-state index is 11.6. The number of halogens is 1. The summed E-state index contributed by atoms with van der Waals surface area (Å²) in [6.45, 7) is 0. The molecule has 1 amide bonds. The number of hydrogen-bond donors (Lipinski definition) is 2. The Morgan fingerprint density at radius 3 is 3.07 bits per heavy atom. The highest BCUT2D eigenvalue weighted by atomic mass is 35.5. The van der Waals surface area contributed by atoms with E-state index in [0.29, 0.717) is 10.7 Å². The number of rotatable bonds is 0. The summed E-state index contributed by atoms with van der Waals surface area (Å²) in [5.74, 6) is -0.216. The van der Waals surface area contributed by atoms with Crippen LogP contribution in [0.15, 0.2) is 23.3 Å². The van der Waals surface area contributed by atoms with Crippen LogP contribution < -0.4 is 5.43 Å². The Morgan fingerprint density at radius 1 is 1.33 bits per heavy atom. The number of benzene rings is 1. The molecular formula is C10H6ClN3O. The van der Waals surface area contributed by atoms with Crippen LogP contribution in [0.2, 0.25) is 5.15 Å². The first-order chi connectivity index (χ1) is 7.27. The third kappa shape index (κ3) is 1.08. The van der Waals surface area contributed by atoms with Gasteiger partial charge in [-0.05, 0) is 12.1 Å². The minimum Gasteiger partial charge on any atom is -0.345 e. The number of nitrogens with zero attached hydrogens (tertiary/aromatic N) is 1. The molecule has 0 aliphatic carbocycles. The third-order valence-electron chi connectivity index (χ3n) is 2.42. The number of carbonyl (C=O) groups is 1. The molecule has 2 aromatic rings. The van der Waals surface area contributed by atoms with Crippen molar-refractivity contribution in [3.63, 3.8) is 0 Å². The molecule has 0 bridgehead atoms. The maximum absolute atomic E-state index is 11.6. The van der Waals surface area contributed by atoms with E-state index in [9.17, 15) is 4.79 Å². The van der Waals surface area contributed by atoms with Crippen LogP contribution in [0.5, 0.6) is 0 Å². The molecule has 3 rings (SSSR count).